The Labute approximate surface area is 269 Å². The molecular weight excluding hydrogens is 600 g/mol. The van der Waals surface area contributed by atoms with Gasteiger partial charge in [-0.3, -0.25) is 4.79 Å². The summed E-state index contributed by atoms with van der Waals surface area (Å²) in [6, 6.07) is 0. The third-order valence-electron chi connectivity index (χ3n) is 14.1. The van der Waals surface area contributed by atoms with Crippen molar-refractivity contribution in [2.45, 2.75) is 133 Å². The van der Waals surface area contributed by atoms with E-state index in [0.717, 1.165) is 37.7 Å². The van der Waals surface area contributed by atoms with Crippen molar-refractivity contribution < 1.29 is 59.2 Å². The van der Waals surface area contributed by atoms with Crippen LogP contribution in [0, 0.1) is 40.4 Å². The number of aliphatic hydroxyl groups is 6. The zero-order valence-corrected chi connectivity index (χ0v) is 27.1. The Balaban J connectivity index is 1.03. The number of fused-ring (bicyclic) bond motifs is 4. The molecule has 0 aromatic carbocycles. The second kappa shape index (κ2) is 11.3. The van der Waals surface area contributed by atoms with Crippen molar-refractivity contribution in [1.29, 1.82) is 0 Å². The number of carbonyl (C=O) groups is 2. The van der Waals surface area contributed by atoms with Gasteiger partial charge in [0.25, 0.3) is 0 Å². The number of ketones is 1. The minimum atomic E-state index is -1.57. The molecule has 0 radical (unpaired) electrons. The summed E-state index contributed by atoms with van der Waals surface area (Å²) in [7, 11) is 0. The van der Waals surface area contributed by atoms with E-state index in [9.17, 15) is 40.2 Å². The molecule has 12 heteroatoms. The Morgan fingerprint density at radius 3 is 2.41 bits per heavy atom. The molecule has 2 saturated heterocycles. The van der Waals surface area contributed by atoms with Gasteiger partial charge in [-0.1, -0.05) is 19.4 Å². The predicted molar refractivity (Wildman–Crippen MR) is 159 cm³/mol. The van der Waals surface area contributed by atoms with Crippen LogP contribution in [0.3, 0.4) is 0 Å². The molecule has 6 N–H and O–H groups in total. The van der Waals surface area contributed by atoms with Crippen LogP contribution >= 0.6 is 0 Å². The molecule has 0 aromatic rings. The van der Waals surface area contributed by atoms with Crippen LogP contribution in [0.5, 0.6) is 0 Å². The van der Waals surface area contributed by atoms with Crippen LogP contribution in [0.2, 0.25) is 0 Å². The minimum Gasteiger partial charge on any atom is -0.458 e. The lowest BCUT2D eigenvalue weighted by molar-refractivity contribution is -0.299. The molecule has 7 aliphatic rings. The van der Waals surface area contributed by atoms with Crippen molar-refractivity contribution in [2.75, 3.05) is 13.2 Å². The minimum absolute atomic E-state index is 0.00179. The molecule has 6 fully saturated rings. The number of hydrogen-bond donors (Lipinski definition) is 6. The van der Waals surface area contributed by atoms with Crippen LogP contribution in [0.25, 0.3) is 0 Å². The third kappa shape index (κ3) is 4.44. The number of Topliss-reactive ketones (excluding diaryl/α,β-unsaturated/α-hetero) is 1. The fourth-order valence-corrected chi connectivity index (χ4v) is 11.4. The number of rotatable bonds is 6. The van der Waals surface area contributed by atoms with Gasteiger partial charge in [0.2, 0.25) is 0 Å². The maximum absolute atomic E-state index is 13.6. The standard InChI is InChI=1S/C34H50O12/c1-14-9-22(44-30(42)17(14)13-43-31-28(40)27(39)26(38)23(12-35)45-31)15(2)18-5-6-19-16-10-25-34(46-25)29(41)21(36)11-24(37)33(34,4)20(16)7-8-32(18,19)3/h15-16,18-23,25-29,31,35-36,38-41H,5-13H2,1-4H3. The van der Waals surface area contributed by atoms with Crippen LogP contribution in [0.1, 0.15) is 72.6 Å². The van der Waals surface area contributed by atoms with E-state index in [4.69, 9.17) is 18.9 Å². The van der Waals surface area contributed by atoms with Gasteiger partial charge in [0.1, 0.15) is 48.0 Å². The van der Waals surface area contributed by atoms with Crippen LogP contribution in [0.15, 0.2) is 11.1 Å². The summed E-state index contributed by atoms with van der Waals surface area (Å²) in [4.78, 5) is 26.9. The van der Waals surface area contributed by atoms with Crippen molar-refractivity contribution in [2.24, 2.45) is 40.4 Å². The lowest BCUT2D eigenvalue weighted by Crippen LogP contribution is -2.68. The zero-order valence-electron chi connectivity index (χ0n) is 27.1. The molecule has 17 atom stereocenters. The highest BCUT2D eigenvalue weighted by molar-refractivity contribution is 5.90. The SMILES string of the molecule is CC1=C(COC2OC(CO)C(O)C(O)C2O)C(=O)OC(C(C)C2CCC3C4CC5OC56C(O)C(O)CC(=O)C6(C)C4CCC23C)C1. The van der Waals surface area contributed by atoms with Crippen molar-refractivity contribution in [3.8, 4) is 0 Å². The second-order valence-corrected chi connectivity index (χ2v) is 15.9. The zero-order chi connectivity index (χ0) is 33.1. The summed E-state index contributed by atoms with van der Waals surface area (Å²) < 4.78 is 23.3. The Kier molecular flexibility index (Phi) is 8.10. The van der Waals surface area contributed by atoms with E-state index in [1.165, 1.54) is 0 Å². The Morgan fingerprint density at radius 1 is 0.978 bits per heavy atom. The highest BCUT2D eigenvalue weighted by Crippen LogP contribution is 2.73. The first-order valence-corrected chi connectivity index (χ1v) is 17.1. The third-order valence-corrected chi connectivity index (χ3v) is 14.1. The van der Waals surface area contributed by atoms with Crippen molar-refractivity contribution in [1.82, 2.24) is 0 Å². The monoisotopic (exact) mass is 650 g/mol. The normalized spacial score (nSPS) is 53.9. The van der Waals surface area contributed by atoms with Crippen LogP contribution < -0.4 is 0 Å². The van der Waals surface area contributed by atoms with Gasteiger partial charge in [-0.2, -0.15) is 0 Å². The van der Waals surface area contributed by atoms with E-state index in [1.54, 1.807) is 0 Å². The molecule has 12 nitrogen and oxygen atoms in total. The van der Waals surface area contributed by atoms with E-state index in [2.05, 4.69) is 13.8 Å². The number of carbonyl (C=O) groups excluding carboxylic acids is 2. The van der Waals surface area contributed by atoms with E-state index in [-0.39, 0.29) is 54.2 Å². The average Bonchev–Trinajstić information content (AvgIpc) is 3.65. The smallest absolute Gasteiger partial charge is 0.336 e. The van der Waals surface area contributed by atoms with Gasteiger partial charge < -0.3 is 49.6 Å². The molecule has 0 bridgehead atoms. The first-order valence-electron chi connectivity index (χ1n) is 17.1. The molecule has 3 aliphatic heterocycles. The van der Waals surface area contributed by atoms with E-state index in [1.807, 2.05) is 13.8 Å². The number of cyclic esters (lactones) is 1. The summed E-state index contributed by atoms with van der Waals surface area (Å²) in [5, 5.41) is 61.3. The van der Waals surface area contributed by atoms with Gasteiger partial charge in [-0.15, -0.1) is 0 Å². The molecule has 4 saturated carbocycles. The van der Waals surface area contributed by atoms with E-state index >= 15 is 0 Å². The average molecular weight is 651 g/mol. The molecule has 3 heterocycles. The van der Waals surface area contributed by atoms with Crippen LogP contribution in [-0.4, -0.2) is 116 Å². The lowest BCUT2D eigenvalue weighted by Gasteiger charge is -2.59. The largest absolute Gasteiger partial charge is 0.458 e. The molecule has 4 aliphatic carbocycles. The van der Waals surface area contributed by atoms with Gasteiger partial charge in [-0.05, 0) is 81.0 Å². The summed E-state index contributed by atoms with van der Waals surface area (Å²) >= 11 is 0. The molecule has 1 spiro atoms. The van der Waals surface area contributed by atoms with Gasteiger partial charge >= 0.3 is 5.97 Å². The number of aliphatic hydroxyl groups excluding tert-OH is 6. The fourth-order valence-electron chi connectivity index (χ4n) is 11.4. The number of ether oxygens (including phenoxy) is 4. The van der Waals surface area contributed by atoms with E-state index < -0.39 is 66.5 Å². The first kappa shape index (κ1) is 33.0. The first-order chi connectivity index (χ1) is 21.7. The summed E-state index contributed by atoms with van der Waals surface area (Å²) in [5.74, 6) is 0.677. The van der Waals surface area contributed by atoms with Crippen molar-refractivity contribution >= 4 is 11.8 Å². The molecule has 46 heavy (non-hydrogen) atoms. The topological polar surface area (TPSA) is 196 Å². The van der Waals surface area contributed by atoms with Crippen molar-refractivity contribution in [3.63, 3.8) is 0 Å². The molecule has 17 unspecified atom stereocenters. The molecule has 258 valence electrons. The Morgan fingerprint density at radius 2 is 1.72 bits per heavy atom. The molecule has 7 rings (SSSR count). The van der Waals surface area contributed by atoms with E-state index in [0.29, 0.717) is 23.8 Å². The predicted octanol–water partition coefficient (Wildman–Crippen LogP) is 0.372. The highest BCUT2D eigenvalue weighted by atomic mass is 16.7. The number of hydrogen-bond acceptors (Lipinski definition) is 12. The quantitative estimate of drug-likeness (QED) is 0.171. The second-order valence-electron chi connectivity index (χ2n) is 15.9. The summed E-state index contributed by atoms with van der Waals surface area (Å²) in [6.45, 7) is 7.60. The fraction of sp³-hybridized carbons (Fsp3) is 0.882. The van der Waals surface area contributed by atoms with Gasteiger partial charge in [-0.25, -0.2) is 4.79 Å². The Hall–Kier alpha value is -1.48. The van der Waals surface area contributed by atoms with Crippen LogP contribution in [0.4, 0.5) is 0 Å². The van der Waals surface area contributed by atoms with Gasteiger partial charge in [0.15, 0.2) is 6.29 Å². The maximum atomic E-state index is 13.6. The number of esters is 1. The number of epoxide rings is 1. The Bertz CT molecular complexity index is 1280. The van der Waals surface area contributed by atoms with Gasteiger partial charge in [0.05, 0.1) is 36.4 Å². The molecule has 0 amide bonds. The highest BCUT2D eigenvalue weighted by Gasteiger charge is 2.82. The van der Waals surface area contributed by atoms with Crippen LogP contribution in [-0.2, 0) is 28.5 Å². The molecule has 0 aromatic heterocycles. The summed E-state index contributed by atoms with van der Waals surface area (Å²) in [5.41, 5.74) is -0.631. The van der Waals surface area contributed by atoms with Gasteiger partial charge in [0, 0.05) is 12.8 Å². The lowest BCUT2D eigenvalue weighted by atomic mass is 9.43. The molecular formula is C34H50O12. The summed E-state index contributed by atoms with van der Waals surface area (Å²) in [6.07, 6.45) is -4.63. The van der Waals surface area contributed by atoms with Crippen molar-refractivity contribution in [3.05, 3.63) is 11.1 Å². The maximum Gasteiger partial charge on any atom is 0.336 e.